The Balaban J connectivity index is 1.99. The number of amides is 1. The minimum atomic E-state index is -0.640. The van der Waals surface area contributed by atoms with Crippen LogP contribution in [0.5, 0.6) is 0 Å². The van der Waals surface area contributed by atoms with Gasteiger partial charge in [-0.05, 0) is 24.0 Å². The van der Waals surface area contributed by atoms with Crippen LogP contribution in [-0.2, 0) is 17.6 Å². The summed E-state index contributed by atoms with van der Waals surface area (Å²) in [6, 6.07) is 7.77. The number of benzene rings is 1. The van der Waals surface area contributed by atoms with Gasteiger partial charge in [-0.3, -0.25) is 4.79 Å². The Bertz CT molecular complexity index is 367. The number of hydrogen-bond acceptors (Lipinski definition) is 3. The van der Waals surface area contributed by atoms with Crippen LogP contribution in [0, 0.1) is 0 Å². The van der Waals surface area contributed by atoms with Crippen LogP contribution in [0.1, 0.15) is 11.1 Å². The molecule has 0 spiro atoms. The molecule has 0 unspecified atom stereocenters. The number of rotatable bonds is 4. The molecule has 0 radical (unpaired) electrons. The lowest BCUT2D eigenvalue weighted by Gasteiger charge is -2.17. The zero-order valence-electron chi connectivity index (χ0n) is 9.02. The van der Waals surface area contributed by atoms with Crippen LogP contribution in [0.4, 0.5) is 0 Å². The van der Waals surface area contributed by atoms with Gasteiger partial charge < -0.3 is 16.2 Å². The van der Waals surface area contributed by atoms with Crippen LogP contribution in [0.2, 0.25) is 0 Å². The summed E-state index contributed by atoms with van der Waals surface area (Å²) >= 11 is 0. The predicted molar refractivity (Wildman–Crippen MR) is 60.8 cm³/mol. The molecule has 0 saturated carbocycles. The van der Waals surface area contributed by atoms with Crippen molar-refractivity contribution in [3.8, 4) is 0 Å². The van der Waals surface area contributed by atoms with Crippen molar-refractivity contribution >= 4 is 5.91 Å². The fourth-order valence-electron chi connectivity index (χ4n) is 2.19. The summed E-state index contributed by atoms with van der Waals surface area (Å²) in [5.74, 6) is -0.501. The molecule has 1 aliphatic carbocycles. The molecule has 4 N–H and O–H groups in total. The molecule has 0 saturated heterocycles. The first-order chi connectivity index (χ1) is 7.70. The molecule has 1 aromatic carbocycles. The molecule has 0 heterocycles. The van der Waals surface area contributed by atoms with Crippen molar-refractivity contribution < 1.29 is 9.90 Å². The monoisotopic (exact) mass is 220 g/mol. The SMILES string of the molecule is NC(=O)[C@H](CO)NC1Cc2ccccc2C1. The minimum absolute atomic E-state index is 0.196. The lowest BCUT2D eigenvalue weighted by molar-refractivity contribution is -0.121. The van der Waals surface area contributed by atoms with E-state index in [1.165, 1.54) is 11.1 Å². The highest BCUT2D eigenvalue weighted by atomic mass is 16.3. The topological polar surface area (TPSA) is 75.4 Å². The van der Waals surface area contributed by atoms with Gasteiger partial charge in [0.25, 0.3) is 0 Å². The molecule has 1 atom stereocenters. The highest BCUT2D eigenvalue weighted by Crippen LogP contribution is 2.21. The van der Waals surface area contributed by atoms with Crippen LogP contribution in [-0.4, -0.2) is 29.7 Å². The standard InChI is InChI=1S/C12H16N2O2/c13-12(16)11(7-15)14-10-5-8-3-1-2-4-9(8)6-10/h1-4,10-11,14-15H,5-7H2,(H2,13,16)/t11-/m0/s1. The normalized spacial score (nSPS) is 17.1. The molecule has 0 fully saturated rings. The van der Waals surface area contributed by atoms with Gasteiger partial charge in [0.05, 0.1) is 6.61 Å². The van der Waals surface area contributed by atoms with E-state index in [-0.39, 0.29) is 12.6 Å². The summed E-state index contributed by atoms with van der Waals surface area (Å²) in [5.41, 5.74) is 7.78. The van der Waals surface area contributed by atoms with Gasteiger partial charge >= 0.3 is 0 Å². The van der Waals surface area contributed by atoms with E-state index in [4.69, 9.17) is 10.8 Å². The van der Waals surface area contributed by atoms with Crippen molar-refractivity contribution in [2.45, 2.75) is 24.9 Å². The molecule has 1 aromatic rings. The third-order valence-corrected chi connectivity index (χ3v) is 3.01. The highest BCUT2D eigenvalue weighted by Gasteiger charge is 2.24. The Morgan fingerprint density at radius 3 is 2.44 bits per heavy atom. The summed E-state index contributed by atoms with van der Waals surface area (Å²) in [4.78, 5) is 11.0. The van der Waals surface area contributed by atoms with Gasteiger partial charge in [0.1, 0.15) is 6.04 Å². The van der Waals surface area contributed by atoms with Crippen molar-refractivity contribution in [2.75, 3.05) is 6.61 Å². The van der Waals surface area contributed by atoms with E-state index in [9.17, 15) is 4.79 Å². The Morgan fingerprint density at radius 1 is 1.44 bits per heavy atom. The first kappa shape index (κ1) is 11.1. The minimum Gasteiger partial charge on any atom is -0.394 e. The third kappa shape index (κ3) is 2.23. The maximum absolute atomic E-state index is 11.0. The lowest BCUT2D eigenvalue weighted by atomic mass is 10.1. The molecule has 86 valence electrons. The summed E-state index contributed by atoms with van der Waals surface area (Å²) in [6.07, 6.45) is 1.78. The molecule has 0 aliphatic heterocycles. The molecular weight excluding hydrogens is 204 g/mol. The summed E-state index contributed by atoms with van der Waals surface area (Å²) in [6.45, 7) is -0.248. The Labute approximate surface area is 94.5 Å². The number of carbonyl (C=O) groups is 1. The van der Waals surface area contributed by atoms with Crippen LogP contribution >= 0.6 is 0 Å². The lowest BCUT2D eigenvalue weighted by Crippen LogP contribution is -2.49. The molecule has 0 bridgehead atoms. The molecule has 4 nitrogen and oxygen atoms in total. The maximum Gasteiger partial charge on any atom is 0.236 e. The quantitative estimate of drug-likeness (QED) is 0.645. The van der Waals surface area contributed by atoms with E-state index >= 15 is 0 Å². The first-order valence-electron chi connectivity index (χ1n) is 5.43. The van der Waals surface area contributed by atoms with Gasteiger partial charge in [-0.1, -0.05) is 24.3 Å². The molecule has 2 rings (SSSR count). The smallest absolute Gasteiger partial charge is 0.236 e. The Hall–Kier alpha value is -1.39. The van der Waals surface area contributed by atoms with E-state index in [2.05, 4.69) is 17.4 Å². The van der Waals surface area contributed by atoms with E-state index < -0.39 is 11.9 Å². The van der Waals surface area contributed by atoms with Gasteiger partial charge in [0.2, 0.25) is 5.91 Å². The summed E-state index contributed by atoms with van der Waals surface area (Å²) < 4.78 is 0. The van der Waals surface area contributed by atoms with Crippen molar-refractivity contribution in [3.63, 3.8) is 0 Å². The van der Waals surface area contributed by atoms with E-state index in [1.807, 2.05) is 12.1 Å². The number of hydrogen-bond donors (Lipinski definition) is 3. The van der Waals surface area contributed by atoms with Crippen molar-refractivity contribution in [3.05, 3.63) is 35.4 Å². The third-order valence-electron chi connectivity index (χ3n) is 3.01. The van der Waals surface area contributed by atoms with Crippen LogP contribution in [0.25, 0.3) is 0 Å². The largest absolute Gasteiger partial charge is 0.394 e. The molecule has 1 aliphatic rings. The zero-order valence-corrected chi connectivity index (χ0v) is 9.02. The summed E-state index contributed by atoms with van der Waals surface area (Å²) in [7, 11) is 0. The highest BCUT2D eigenvalue weighted by molar-refractivity contribution is 5.80. The number of fused-ring (bicyclic) bond motifs is 1. The molecule has 16 heavy (non-hydrogen) atoms. The van der Waals surface area contributed by atoms with Gasteiger partial charge in [-0.15, -0.1) is 0 Å². The molecular formula is C12H16N2O2. The van der Waals surface area contributed by atoms with Gasteiger partial charge in [0.15, 0.2) is 0 Å². The van der Waals surface area contributed by atoms with Crippen molar-refractivity contribution in [1.82, 2.24) is 5.32 Å². The Kier molecular flexibility index (Phi) is 3.22. The van der Waals surface area contributed by atoms with E-state index in [1.54, 1.807) is 0 Å². The maximum atomic E-state index is 11.0. The zero-order chi connectivity index (χ0) is 11.5. The Morgan fingerprint density at radius 2 is 2.00 bits per heavy atom. The molecule has 0 aromatic heterocycles. The average Bonchev–Trinajstić information content (AvgIpc) is 2.67. The molecule has 4 heteroatoms. The predicted octanol–water partition coefficient (Wildman–Crippen LogP) is -0.410. The fraction of sp³-hybridized carbons (Fsp3) is 0.417. The number of primary amides is 1. The average molecular weight is 220 g/mol. The first-order valence-corrected chi connectivity index (χ1v) is 5.43. The van der Waals surface area contributed by atoms with E-state index in [0.29, 0.717) is 0 Å². The van der Waals surface area contributed by atoms with Crippen LogP contribution in [0.15, 0.2) is 24.3 Å². The second-order valence-electron chi connectivity index (χ2n) is 4.18. The van der Waals surface area contributed by atoms with Gasteiger partial charge in [0, 0.05) is 6.04 Å². The van der Waals surface area contributed by atoms with Crippen LogP contribution < -0.4 is 11.1 Å². The van der Waals surface area contributed by atoms with Crippen molar-refractivity contribution in [2.24, 2.45) is 5.73 Å². The number of aliphatic hydroxyl groups is 1. The van der Waals surface area contributed by atoms with Crippen molar-refractivity contribution in [1.29, 1.82) is 0 Å². The second-order valence-corrected chi connectivity index (χ2v) is 4.18. The molecule has 1 amide bonds. The number of carbonyl (C=O) groups excluding carboxylic acids is 1. The second kappa shape index (κ2) is 4.63. The van der Waals surface area contributed by atoms with Crippen LogP contribution in [0.3, 0.4) is 0 Å². The number of nitrogens with one attached hydrogen (secondary N) is 1. The fourth-order valence-corrected chi connectivity index (χ4v) is 2.19. The van der Waals surface area contributed by atoms with E-state index in [0.717, 1.165) is 12.8 Å². The number of aliphatic hydroxyl groups excluding tert-OH is 1. The number of nitrogens with two attached hydrogens (primary N) is 1. The van der Waals surface area contributed by atoms with Gasteiger partial charge in [-0.2, -0.15) is 0 Å². The van der Waals surface area contributed by atoms with Gasteiger partial charge in [-0.25, -0.2) is 0 Å². The summed E-state index contributed by atoms with van der Waals surface area (Å²) in [5, 5.41) is 12.1.